The lowest BCUT2D eigenvalue weighted by Gasteiger charge is -2.29. The van der Waals surface area contributed by atoms with E-state index in [-0.39, 0.29) is 11.5 Å². The Morgan fingerprint density at radius 1 is 1.15 bits per heavy atom. The molecule has 6 heteroatoms. The Bertz CT molecular complexity index is 804. The molecule has 0 bridgehead atoms. The van der Waals surface area contributed by atoms with Crippen LogP contribution in [0.2, 0.25) is 0 Å². The first-order valence-corrected chi connectivity index (χ1v) is 9.54. The van der Waals surface area contributed by atoms with Gasteiger partial charge in [0.25, 0.3) is 0 Å². The Hall–Kier alpha value is -2.47. The number of aromatic carboxylic acids is 1. The second-order valence-electron chi connectivity index (χ2n) is 6.05. The van der Waals surface area contributed by atoms with Gasteiger partial charge in [0.15, 0.2) is 0 Å². The predicted molar refractivity (Wildman–Crippen MR) is 101 cm³/mol. The number of ether oxygens (including phenoxy) is 1. The number of carbonyl (C=O) groups is 2. The quantitative estimate of drug-likeness (QED) is 0.788. The van der Waals surface area contributed by atoms with Crippen LogP contribution in [0.3, 0.4) is 0 Å². The van der Waals surface area contributed by atoms with Crippen molar-refractivity contribution in [2.75, 3.05) is 18.9 Å². The topological polar surface area (TPSA) is 66.8 Å². The summed E-state index contributed by atoms with van der Waals surface area (Å²) in [6, 6.07) is 12.9. The molecule has 0 unspecified atom stereocenters. The Kier molecular flexibility index (Phi) is 5.83. The maximum Gasteiger partial charge on any atom is 0.335 e. The summed E-state index contributed by atoms with van der Waals surface area (Å²) in [5.74, 6) is 0.310. The van der Waals surface area contributed by atoms with Crippen LogP contribution >= 0.6 is 11.8 Å². The molecule has 136 valence electrons. The monoisotopic (exact) mass is 371 g/mol. The molecule has 1 heterocycles. The lowest BCUT2D eigenvalue weighted by Crippen LogP contribution is -2.37. The predicted octanol–water partition coefficient (Wildman–Crippen LogP) is 3.46. The molecule has 0 fully saturated rings. The highest BCUT2D eigenvalue weighted by atomic mass is 32.2. The van der Waals surface area contributed by atoms with Crippen molar-refractivity contribution in [3.63, 3.8) is 0 Å². The third kappa shape index (κ3) is 4.38. The maximum atomic E-state index is 12.5. The molecule has 0 aliphatic carbocycles. The molecule has 1 aliphatic rings. The van der Waals surface area contributed by atoms with E-state index in [1.54, 1.807) is 17.0 Å². The summed E-state index contributed by atoms with van der Waals surface area (Å²) in [5.41, 5.74) is 2.32. The van der Waals surface area contributed by atoms with E-state index in [0.29, 0.717) is 25.4 Å². The first-order chi connectivity index (χ1) is 12.6. The summed E-state index contributed by atoms with van der Waals surface area (Å²) in [7, 11) is 0. The first kappa shape index (κ1) is 18.3. The van der Waals surface area contributed by atoms with Crippen LogP contribution in [0.4, 0.5) is 0 Å². The molecule has 1 N–H and O–H groups in total. The molecule has 0 aromatic heterocycles. The second-order valence-corrected chi connectivity index (χ2v) is 7.10. The fourth-order valence-corrected chi connectivity index (χ4v) is 3.74. The number of hydrogen-bond acceptors (Lipinski definition) is 4. The van der Waals surface area contributed by atoms with Gasteiger partial charge in [-0.15, -0.1) is 11.8 Å². The number of nitrogens with zero attached hydrogens (tertiary/aromatic N) is 1. The molecule has 3 rings (SSSR count). The van der Waals surface area contributed by atoms with Crippen molar-refractivity contribution in [3.05, 3.63) is 59.2 Å². The van der Waals surface area contributed by atoms with E-state index in [9.17, 15) is 9.59 Å². The van der Waals surface area contributed by atoms with Crippen LogP contribution in [0, 0.1) is 0 Å². The van der Waals surface area contributed by atoms with E-state index in [1.165, 1.54) is 11.8 Å². The minimum Gasteiger partial charge on any atom is -0.494 e. The Morgan fingerprint density at radius 3 is 2.62 bits per heavy atom. The van der Waals surface area contributed by atoms with Crippen molar-refractivity contribution in [2.45, 2.75) is 24.8 Å². The van der Waals surface area contributed by atoms with Crippen LogP contribution in [-0.2, 0) is 17.8 Å². The zero-order chi connectivity index (χ0) is 18.5. The highest BCUT2D eigenvalue weighted by Crippen LogP contribution is 2.24. The van der Waals surface area contributed by atoms with Gasteiger partial charge in [0.05, 0.1) is 17.9 Å². The van der Waals surface area contributed by atoms with Gasteiger partial charge >= 0.3 is 5.97 Å². The maximum absolute atomic E-state index is 12.5. The number of carboxylic acid groups (broad SMARTS) is 1. The smallest absolute Gasteiger partial charge is 0.335 e. The third-order valence-electron chi connectivity index (χ3n) is 4.32. The van der Waals surface area contributed by atoms with Gasteiger partial charge < -0.3 is 14.7 Å². The van der Waals surface area contributed by atoms with E-state index in [4.69, 9.17) is 9.84 Å². The van der Waals surface area contributed by atoms with Gasteiger partial charge in [-0.05, 0) is 60.9 Å². The minimum atomic E-state index is -0.942. The summed E-state index contributed by atoms with van der Waals surface area (Å²) >= 11 is 1.50. The number of hydrogen-bond donors (Lipinski definition) is 1. The zero-order valence-electron chi connectivity index (χ0n) is 14.6. The summed E-state index contributed by atoms with van der Waals surface area (Å²) in [6.07, 6.45) is 0.759. The van der Waals surface area contributed by atoms with E-state index in [1.807, 2.05) is 37.3 Å². The van der Waals surface area contributed by atoms with Crippen molar-refractivity contribution < 1.29 is 19.4 Å². The molecule has 0 saturated carbocycles. The molecule has 2 aromatic carbocycles. The molecule has 0 atom stereocenters. The Balaban J connectivity index is 1.58. The van der Waals surface area contributed by atoms with Crippen LogP contribution in [0.25, 0.3) is 0 Å². The molecule has 26 heavy (non-hydrogen) atoms. The van der Waals surface area contributed by atoms with Gasteiger partial charge in [-0.3, -0.25) is 4.79 Å². The minimum absolute atomic E-state index is 0.0651. The standard InChI is InChI=1S/C20H21NO4S/c1-2-25-17-5-7-18(8-6-17)26-13-19(22)21-10-9-14-3-4-15(20(23)24)11-16(14)12-21/h3-8,11H,2,9-10,12-13H2,1H3,(H,23,24). The van der Waals surface area contributed by atoms with Crippen molar-refractivity contribution in [1.82, 2.24) is 4.90 Å². The molecule has 0 radical (unpaired) electrons. The Labute approximate surface area is 157 Å². The number of rotatable bonds is 6. The van der Waals surface area contributed by atoms with E-state index >= 15 is 0 Å². The average Bonchev–Trinajstić information content (AvgIpc) is 2.66. The van der Waals surface area contributed by atoms with Crippen molar-refractivity contribution in [2.24, 2.45) is 0 Å². The van der Waals surface area contributed by atoms with Gasteiger partial charge in [-0.1, -0.05) is 6.07 Å². The Morgan fingerprint density at radius 2 is 1.92 bits per heavy atom. The van der Waals surface area contributed by atoms with Crippen molar-refractivity contribution in [3.8, 4) is 5.75 Å². The number of amides is 1. The number of benzene rings is 2. The van der Waals surface area contributed by atoms with Crippen LogP contribution in [0.15, 0.2) is 47.4 Å². The van der Waals surface area contributed by atoms with Crippen LogP contribution in [0.1, 0.15) is 28.4 Å². The molecule has 1 aliphatic heterocycles. The molecular weight excluding hydrogens is 350 g/mol. The fraction of sp³-hybridized carbons (Fsp3) is 0.300. The van der Waals surface area contributed by atoms with Crippen LogP contribution < -0.4 is 4.74 Å². The summed E-state index contributed by atoms with van der Waals surface area (Å²) in [5, 5.41) is 9.13. The SMILES string of the molecule is CCOc1ccc(SCC(=O)N2CCc3ccc(C(=O)O)cc3C2)cc1. The van der Waals surface area contributed by atoms with Crippen molar-refractivity contribution in [1.29, 1.82) is 0 Å². The fourth-order valence-electron chi connectivity index (χ4n) is 2.94. The van der Waals surface area contributed by atoms with E-state index < -0.39 is 5.97 Å². The zero-order valence-corrected chi connectivity index (χ0v) is 15.4. The largest absolute Gasteiger partial charge is 0.494 e. The van der Waals surface area contributed by atoms with Gasteiger partial charge in [0.2, 0.25) is 5.91 Å². The summed E-state index contributed by atoms with van der Waals surface area (Å²) in [6.45, 7) is 3.71. The molecule has 0 saturated heterocycles. The lowest BCUT2D eigenvalue weighted by atomic mass is 9.97. The highest BCUT2D eigenvalue weighted by Gasteiger charge is 2.21. The normalized spacial score (nSPS) is 13.2. The molecular formula is C20H21NO4S. The number of fused-ring (bicyclic) bond motifs is 1. The van der Waals surface area contributed by atoms with E-state index in [2.05, 4.69) is 0 Å². The van der Waals surface area contributed by atoms with Gasteiger partial charge in [-0.25, -0.2) is 4.79 Å². The third-order valence-corrected chi connectivity index (χ3v) is 5.31. The highest BCUT2D eigenvalue weighted by molar-refractivity contribution is 8.00. The molecule has 1 amide bonds. The average molecular weight is 371 g/mol. The molecule has 5 nitrogen and oxygen atoms in total. The van der Waals surface area contributed by atoms with Crippen LogP contribution in [-0.4, -0.2) is 40.8 Å². The lowest BCUT2D eigenvalue weighted by molar-refractivity contribution is -0.129. The van der Waals surface area contributed by atoms with Gasteiger partial charge in [0, 0.05) is 18.0 Å². The van der Waals surface area contributed by atoms with Crippen LogP contribution in [0.5, 0.6) is 5.75 Å². The van der Waals surface area contributed by atoms with Gasteiger partial charge in [0.1, 0.15) is 5.75 Å². The number of carboxylic acids is 1. The van der Waals surface area contributed by atoms with Gasteiger partial charge in [-0.2, -0.15) is 0 Å². The second kappa shape index (κ2) is 8.27. The number of thioether (sulfide) groups is 1. The summed E-state index contributed by atoms with van der Waals surface area (Å²) in [4.78, 5) is 26.5. The number of carbonyl (C=O) groups excluding carboxylic acids is 1. The van der Waals surface area contributed by atoms with Crippen molar-refractivity contribution >= 4 is 23.6 Å². The first-order valence-electron chi connectivity index (χ1n) is 8.55. The molecule has 2 aromatic rings. The summed E-state index contributed by atoms with van der Waals surface area (Å²) < 4.78 is 5.42. The van der Waals surface area contributed by atoms with E-state index in [0.717, 1.165) is 28.2 Å². The molecule has 0 spiro atoms.